The van der Waals surface area contributed by atoms with Crippen molar-refractivity contribution in [3.63, 3.8) is 0 Å². The number of benzene rings is 8. The van der Waals surface area contributed by atoms with E-state index in [1.807, 2.05) is 0 Å². The van der Waals surface area contributed by atoms with E-state index in [0.717, 1.165) is 0 Å². The van der Waals surface area contributed by atoms with E-state index in [0.29, 0.717) is 41.2 Å². The van der Waals surface area contributed by atoms with Crippen molar-refractivity contribution in [1.82, 2.24) is 0 Å². The van der Waals surface area contributed by atoms with Crippen molar-refractivity contribution in [3.8, 4) is 44.5 Å². The van der Waals surface area contributed by atoms with Crippen molar-refractivity contribution in [1.29, 1.82) is 0 Å². The molecule has 0 unspecified atom stereocenters. The Morgan fingerprint density at radius 1 is 0.200 bits per heavy atom. The third-order valence-corrected chi connectivity index (χ3v) is 31.5. The summed E-state index contributed by atoms with van der Waals surface area (Å²) in [6.07, 6.45) is 0. The van der Waals surface area contributed by atoms with Crippen LogP contribution in [0.25, 0.3) is 87.6 Å². The largest absolute Gasteiger partial charge is 2.00 e. The van der Waals surface area contributed by atoms with E-state index < -0.39 is 0 Å². The molecule has 0 atom stereocenters. The Morgan fingerprint density at radius 2 is 0.350 bits per heavy atom. The van der Waals surface area contributed by atoms with Gasteiger partial charge in [-0.3, -0.25) is 0 Å². The average molecular weight is 1510 g/mol. The molecule has 12 aromatic carbocycles. The van der Waals surface area contributed by atoms with E-state index >= 15 is 0 Å². The van der Waals surface area contributed by atoms with E-state index in [9.17, 15) is 0 Å². The molecule has 8 heteroatoms. The normalized spacial score (nSPS) is 12.4. The second-order valence-corrected chi connectivity index (χ2v) is 49.7. The van der Waals surface area contributed by atoms with Gasteiger partial charge in [0.25, 0.3) is 0 Å². The van der Waals surface area contributed by atoms with Crippen LogP contribution in [0.3, 0.4) is 0 Å². The Kier molecular flexibility index (Phi) is 29.8. The van der Waals surface area contributed by atoms with E-state index in [4.69, 9.17) is 0 Å². The number of fused-ring (bicyclic) bond motifs is 4. The molecular formula is C92H112Cl2P4Ti2-2. The van der Waals surface area contributed by atoms with Crippen LogP contribution in [0.2, 0.25) is 0 Å². The number of hydrogen-bond acceptors (Lipinski definition) is 0. The van der Waals surface area contributed by atoms with Gasteiger partial charge in [0.2, 0.25) is 0 Å². The second kappa shape index (κ2) is 34.4. The molecule has 0 radical (unpaired) electrons. The smallest absolute Gasteiger partial charge is 1.00 e. The topological polar surface area (TPSA) is 0 Å². The first-order valence-electron chi connectivity index (χ1n) is 34.9. The zero-order valence-electron chi connectivity index (χ0n) is 64.6. The number of halogens is 2. The summed E-state index contributed by atoms with van der Waals surface area (Å²) >= 11 is 0. The van der Waals surface area contributed by atoms with Crippen LogP contribution in [0.5, 0.6) is 0 Å². The number of rotatable bonds is 8. The van der Waals surface area contributed by atoms with E-state index in [1.54, 1.807) is 0 Å². The first kappa shape index (κ1) is 86.6. The molecule has 0 saturated heterocycles. The van der Waals surface area contributed by atoms with E-state index in [1.165, 1.54) is 109 Å². The molecule has 0 aromatic heterocycles. The molecule has 0 amide bonds. The second-order valence-electron chi connectivity index (χ2n) is 34.3. The average Bonchev–Trinajstić information content (AvgIpc) is 1.62. The molecule has 0 bridgehead atoms. The van der Waals surface area contributed by atoms with Gasteiger partial charge in [0.1, 0.15) is 0 Å². The molecule has 12 rings (SSSR count). The van der Waals surface area contributed by atoms with Crippen molar-refractivity contribution >= 4 is 96.0 Å². The Hall–Kier alpha value is -4.07. The minimum absolute atomic E-state index is 0. The van der Waals surface area contributed by atoms with Crippen LogP contribution >= 0.6 is 31.7 Å². The summed E-state index contributed by atoms with van der Waals surface area (Å²) in [6, 6.07) is 89.3. The first-order chi connectivity index (χ1) is 44.7. The monoisotopic (exact) mass is 1510 g/mol. The fourth-order valence-corrected chi connectivity index (χ4v) is 32.3. The van der Waals surface area contributed by atoms with Gasteiger partial charge in [-0.2, -0.15) is 24.3 Å². The molecule has 0 fully saturated rings. The molecule has 0 heterocycles. The van der Waals surface area contributed by atoms with Gasteiger partial charge in [-0.1, -0.05) is 366 Å². The van der Waals surface area contributed by atoms with Gasteiger partial charge >= 0.3 is 43.4 Å². The zero-order valence-corrected chi connectivity index (χ0v) is 72.9. The predicted octanol–water partition coefficient (Wildman–Crippen LogP) is 21.7. The zero-order chi connectivity index (χ0) is 70.1. The van der Waals surface area contributed by atoms with Crippen LogP contribution < -0.4 is 46.0 Å². The minimum Gasteiger partial charge on any atom is -1.00 e. The Bertz CT molecular complexity index is 3860. The number of hydrogen-bond donors (Lipinski definition) is 0. The molecule has 100 heavy (non-hydrogen) atoms. The van der Waals surface area contributed by atoms with Crippen LogP contribution in [0.4, 0.5) is 0 Å². The summed E-state index contributed by atoms with van der Waals surface area (Å²) in [5.41, 5.74) is 10.6. The SMILES string of the molecule is CC(C)(C)P(c1cc2c(-c3ccccc3)cccc2[cH-]1)C(C)(C)C.CC(C)(C)P(c1cc2c(-c3ccccc3)cccc2[cH-]1)C(C)(C)C.CC(C)(C)P(c1cc2c(-c3ccccc3)cccc2[cH-]1)C(C)(C)C.CC(C)(C)P(c1cc2c(-c3ccccc3)cccc2[cH-]1)C(C)(C)C.[Cl-].[Cl-].[Ti+2].[Ti+2]. The fourth-order valence-electron chi connectivity index (χ4n) is 16.0. The molecular weight excluding hydrogens is 1400 g/mol. The predicted molar refractivity (Wildman–Crippen MR) is 444 cm³/mol. The summed E-state index contributed by atoms with van der Waals surface area (Å²) < 4.78 is 0. The van der Waals surface area contributed by atoms with Gasteiger partial charge in [-0.05, 0) is 63.5 Å². The summed E-state index contributed by atoms with van der Waals surface area (Å²) in [6.45, 7) is 57.3. The quantitative estimate of drug-likeness (QED) is 0.0808. The van der Waals surface area contributed by atoms with Gasteiger partial charge < -0.3 is 24.8 Å². The van der Waals surface area contributed by atoms with E-state index in [2.05, 4.69) is 409 Å². The first-order valence-corrected chi connectivity index (χ1v) is 40.3. The van der Waals surface area contributed by atoms with Crippen molar-refractivity contribution in [2.45, 2.75) is 207 Å². The molecule has 0 aliphatic heterocycles. The summed E-state index contributed by atoms with van der Waals surface area (Å²) in [5.74, 6) is 0. The molecule has 12 aromatic rings. The van der Waals surface area contributed by atoms with Crippen LogP contribution in [-0.4, -0.2) is 41.2 Å². The van der Waals surface area contributed by atoms with Gasteiger partial charge in [0, 0.05) is 0 Å². The van der Waals surface area contributed by atoms with Crippen molar-refractivity contribution < 1.29 is 68.2 Å². The molecule has 0 spiro atoms. The Balaban J connectivity index is 0.000000237. The Labute approximate surface area is 653 Å². The molecule has 0 saturated carbocycles. The standard InChI is InChI=1S/4C23H28P.2ClH.2Ti/c4*1-22(2,3)24(23(4,5)6)19-15-18-13-10-14-20(21(18)16-19)17-11-8-7-9-12-17;;;;/h4*7-16H,1-6H3;2*1H;;/q4*-1;;;2*+2/p-2. The maximum atomic E-state index is 2.46. The summed E-state index contributed by atoms with van der Waals surface area (Å²) in [5, 5.41) is 19.5. The van der Waals surface area contributed by atoms with Crippen molar-refractivity contribution in [3.05, 3.63) is 243 Å². The molecule has 0 nitrogen and oxygen atoms in total. The van der Waals surface area contributed by atoms with Crippen LogP contribution in [-0.2, 0) is 43.4 Å². The van der Waals surface area contributed by atoms with Gasteiger partial charge in [-0.15, -0.1) is 137 Å². The fraction of sp³-hybridized carbons (Fsp3) is 0.348. The van der Waals surface area contributed by atoms with Crippen molar-refractivity contribution in [2.24, 2.45) is 0 Å². The van der Waals surface area contributed by atoms with E-state index in [-0.39, 0.29) is 99.9 Å². The van der Waals surface area contributed by atoms with Crippen molar-refractivity contribution in [2.75, 3.05) is 0 Å². The van der Waals surface area contributed by atoms with Crippen LogP contribution in [0.1, 0.15) is 166 Å². The molecule has 0 aliphatic rings. The molecule has 0 N–H and O–H groups in total. The molecule has 0 aliphatic carbocycles. The van der Waals surface area contributed by atoms with Gasteiger partial charge in [0.05, 0.1) is 0 Å². The van der Waals surface area contributed by atoms with Gasteiger partial charge in [0.15, 0.2) is 0 Å². The van der Waals surface area contributed by atoms with Crippen LogP contribution in [0.15, 0.2) is 243 Å². The van der Waals surface area contributed by atoms with Crippen LogP contribution in [0, 0.1) is 0 Å². The molecule has 524 valence electrons. The van der Waals surface area contributed by atoms with Gasteiger partial charge in [-0.25, -0.2) is 0 Å². The maximum Gasteiger partial charge on any atom is 2.00 e. The minimum atomic E-state index is -0.266. The summed E-state index contributed by atoms with van der Waals surface area (Å²) in [7, 11) is -1.06. The Morgan fingerprint density at radius 3 is 0.490 bits per heavy atom. The third kappa shape index (κ3) is 21.1. The third-order valence-electron chi connectivity index (χ3n) is 17.7. The summed E-state index contributed by atoms with van der Waals surface area (Å²) in [4.78, 5) is 0. The maximum absolute atomic E-state index is 2.46.